The van der Waals surface area contributed by atoms with Gasteiger partial charge in [0.1, 0.15) is 0 Å². The summed E-state index contributed by atoms with van der Waals surface area (Å²) < 4.78 is 4.49. The standard InChI is InChI=1S/C4H7BN2O3S/c1-2-3(10-5(8)9)7-4(11)6-2/h8-9H,1H3,(H2,6,7,11). The number of H-pyrrole nitrogens is 1. The van der Waals surface area contributed by atoms with Gasteiger partial charge in [0.15, 0.2) is 5.16 Å². The largest absolute Gasteiger partial charge is 0.708 e. The van der Waals surface area contributed by atoms with Crippen LogP contribution in [0.25, 0.3) is 0 Å². The zero-order chi connectivity index (χ0) is 8.43. The van der Waals surface area contributed by atoms with Crippen LogP contribution < -0.4 is 4.65 Å². The van der Waals surface area contributed by atoms with E-state index in [0.717, 1.165) is 0 Å². The minimum Gasteiger partial charge on any atom is -0.496 e. The topological polar surface area (TPSA) is 78.4 Å². The number of aromatic nitrogens is 2. The highest BCUT2D eigenvalue weighted by atomic mass is 32.1. The van der Waals surface area contributed by atoms with E-state index in [1.54, 1.807) is 6.92 Å². The highest BCUT2D eigenvalue weighted by Crippen LogP contribution is 2.15. The summed E-state index contributed by atoms with van der Waals surface area (Å²) in [6, 6.07) is 0. The number of rotatable bonds is 2. The van der Waals surface area contributed by atoms with Crippen molar-refractivity contribution in [3.63, 3.8) is 0 Å². The molecule has 0 atom stereocenters. The van der Waals surface area contributed by atoms with Crippen LogP contribution in [-0.2, 0) is 0 Å². The predicted octanol–water partition coefficient (Wildman–Crippen LogP) is -0.645. The summed E-state index contributed by atoms with van der Waals surface area (Å²) >= 11 is 3.89. The first-order chi connectivity index (χ1) is 5.09. The number of nitrogens with one attached hydrogen (secondary N) is 1. The fourth-order valence-electron chi connectivity index (χ4n) is 0.644. The molecule has 0 aliphatic heterocycles. The van der Waals surface area contributed by atoms with Gasteiger partial charge in [0.2, 0.25) is 5.88 Å². The first-order valence-corrected chi connectivity index (χ1v) is 3.32. The molecule has 0 saturated heterocycles. The van der Waals surface area contributed by atoms with E-state index >= 15 is 0 Å². The van der Waals surface area contributed by atoms with Crippen molar-refractivity contribution in [1.82, 2.24) is 9.97 Å². The summed E-state index contributed by atoms with van der Waals surface area (Å²) in [6.07, 6.45) is 0. The fraction of sp³-hybridized carbons (Fsp3) is 0.250. The van der Waals surface area contributed by atoms with Crippen LogP contribution in [0.15, 0.2) is 5.16 Å². The molecule has 0 saturated carbocycles. The maximum absolute atomic E-state index is 8.39. The van der Waals surface area contributed by atoms with Crippen LogP contribution >= 0.6 is 12.6 Å². The molecular weight excluding hydrogens is 167 g/mol. The van der Waals surface area contributed by atoms with Gasteiger partial charge in [-0.1, -0.05) is 0 Å². The average Bonchev–Trinajstić information content (AvgIpc) is 2.09. The lowest BCUT2D eigenvalue weighted by molar-refractivity contribution is 0.282. The molecule has 1 heterocycles. The summed E-state index contributed by atoms with van der Waals surface area (Å²) in [5, 5.41) is 17.2. The lowest BCUT2D eigenvalue weighted by atomic mass is 10.3. The highest BCUT2D eigenvalue weighted by molar-refractivity contribution is 7.80. The molecule has 1 rings (SSSR count). The third-order valence-corrected chi connectivity index (χ3v) is 1.26. The predicted molar refractivity (Wildman–Crippen MR) is 41.4 cm³/mol. The van der Waals surface area contributed by atoms with E-state index < -0.39 is 7.32 Å². The van der Waals surface area contributed by atoms with E-state index in [1.807, 2.05) is 0 Å². The molecule has 3 N–H and O–H groups in total. The van der Waals surface area contributed by atoms with Crippen molar-refractivity contribution in [2.75, 3.05) is 0 Å². The molecule has 0 amide bonds. The van der Waals surface area contributed by atoms with Gasteiger partial charge in [0.25, 0.3) is 0 Å². The molecule has 0 radical (unpaired) electrons. The van der Waals surface area contributed by atoms with Gasteiger partial charge < -0.3 is 19.7 Å². The summed E-state index contributed by atoms with van der Waals surface area (Å²) in [5.41, 5.74) is 0.600. The maximum Gasteiger partial charge on any atom is 0.708 e. The Hall–Kier alpha value is -0.655. The summed E-state index contributed by atoms with van der Waals surface area (Å²) in [5.74, 6) is 0.144. The summed E-state index contributed by atoms with van der Waals surface area (Å²) in [6.45, 7) is 1.68. The molecule has 0 fully saturated rings. The van der Waals surface area contributed by atoms with Crippen molar-refractivity contribution < 1.29 is 14.7 Å². The van der Waals surface area contributed by atoms with Crippen LogP contribution in [0.5, 0.6) is 5.88 Å². The van der Waals surface area contributed by atoms with E-state index in [-0.39, 0.29) is 5.88 Å². The van der Waals surface area contributed by atoms with Crippen LogP contribution in [0.2, 0.25) is 0 Å². The van der Waals surface area contributed by atoms with Crippen molar-refractivity contribution in [1.29, 1.82) is 0 Å². The Morgan fingerprint density at radius 2 is 2.27 bits per heavy atom. The lowest BCUT2D eigenvalue weighted by Gasteiger charge is -1.99. The Balaban J connectivity index is 2.77. The number of hydrogen-bond acceptors (Lipinski definition) is 5. The Kier molecular flexibility index (Phi) is 2.43. The third kappa shape index (κ3) is 2.14. The molecule has 0 spiro atoms. The second kappa shape index (κ2) is 3.16. The molecule has 0 aliphatic carbocycles. The zero-order valence-corrected chi connectivity index (χ0v) is 6.67. The smallest absolute Gasteiger partial charge is 0.496 e. The third-order valence-electron chi connectivity index (χ3n) is 1.04. The molecule has 0 aliphatic rings. The molecule has 11 heavy (non-hydrogen) atoms. The molecule has 1 aromatic rings. The van der Waals surface area contributed by atoms with Crippen molar-refractivity contribution >= 4 is 20.0 Å². The van der Waals surface area contributed by atoms with Crippen LogP contribution in [0, 0.1) is 6.92 Å². The van der Waals surface area contributed by atoms with Crippen molar-refractivity contribution in [3.05, 3.63) is 5.69 Å². The van der Waals surface area contributed by atoms with Crippen LogP contribution in [0.3, 0.4) is 0 Å². The molecule has 0 aromatic carbocycles. The minimum absolute atomic E-state index is 0.144. The zero-order valence-electron chi connectivity index (χ0n) is 5.77. The summed E-state index contributed by atoms with van der Waals surface area (Å²) in [4.78, 5) is 6.44. The highest BCUT2D eigenvalue weighted by Gasteiger charge is 2.15. The van der Waals surface area contributed by atoms with Gasteiger partial charge in [-0.3, -0.25) is 0 Å². The van der Waals surface area contributed by atoms with E-state index in [4.69, 9.17) is 10.0 Å². The second-order valence-corrected chi connectivity index (χ2v) is 2.36. The van der Waals surface area contributed by atoms with E-state index in [2.05, 4.69) is 27.3 Å². The van der Waals surface area contributed by atoms with Crippen molar-refractivity contribution in [3.8, 4) is 5.88 Å². The monoisotopic (exact) mass is 174 g/mol. The number of aromatic amines is 1. The van der Waals surface area contributed by atoms with Crippen molar-refractivity contribution in [2.45, 2.75) is 12.1 Å². The van der Waals surface area contributed by atoms with Gasteiger partial charge in [-0.2, -0.15) is 4.98 Å². The Bertz CT molecular complexity index is 251. The maximum atomic E-state index is 8.39. The van der Waals surface area contributed by atoms with E-state index in [9.17, 15) is 0 Å². The second-order valence-electron chi connectivity index (χ2n) is 1.93. The first kappa shape index (κ1) is 8.44. The molecular formula is C4H7BN2O3S. The molecule has 60 valence electrons. The number of nitrogens with zero attached hydrogens (tertiary/aromatic N) is 1. The molecule has 0 unspecified atom stereocenters. The number of imidazole rings is 1. The number of thiol groups is 1. The average molecular weight is 174 g/mol. The van der Waals surface area contributed by atoms with Gasteiger partial charge in [0.05, 0.1) is 5.69 Å². The van der Waals surface area contributed by atoms with E-state index in [0.29, 0.717) is 10.9 Å². The van der Waals surface area contributed by atoms with Crippen LogP contribution in [-0.4, -0.2) is 27.3 Å². The van der Waals surface area contributed by atoms with Gasteiger partial charge in [-0.05, 0) is 6.92 Å². The van der Waals surface area contributed by atoms with E-state index in [1.165, 1.54) is 0 Å². The summed E-state index contributed by atoms with van der Waals surface area (Å²) in [7, 11) is -1.84. The SMILES string of the molecule is Cc1[nH]c(S)nc1OB(O)O. The molecule has 5 nitrogen and oxygen atoms in total. The van der Waals surface area contributed by atoms with Crippen molar-refractivity contribution in [2.24, 2.45) is 0 Å². The quantitative estimate of drug-likeness (QED) is 0.355. The molecule has 1 aromatic heterocycles. The number of hydrogen-bond donors (Lipinski definition) is 4. The van der Waals surface area contributed by atoms with Gasteiger partial charge in [-0.25, -0.2) is 0 Å². The van der Waals surface area contributed by atoms with Crippen LogP contribution in [0.4, 0.5) is 0 Å². The Morgan fingerprint density at radius 1 is 1.64 bits per heavy atom. The minimum atomic E-state index is -1.84. The van der Waals surface area contributed by atoms with Gasteiger partial charge in [0, 0.05) is 0 Å². The van der Waals surface area contributed by atoms with Gasteiger partial charge in [-0.15, -0.1) is 12.6 Å². The van der Waals surface area contributed by atoms with Crippen LogP contribution in [0.1, 0.15) is 5.69 Å². The lowest BCUT2D eigenvalue weighted by Crippen LogP contribution is -2.21. The van der Waals surface area contributed by atoms with Gasteiger partial charge >= 0.3 is 7.32 Å². The normalized spacial score (nSPS) is 9.82. The number of aryl methyl sites for hydroxylation is 1. The first-order valence-electron chi connectivity index (χ1n) is 2.88. The Morgan fingerprint density at radius 3 is 2.64 bits per heavy atom. The Labute approximate surface area is 69.0 Å². The fourth-order valence-corrected chi connectivity index (χ4v) is 0.902. The molecule has 0 bridgehead atoms. The molecule has 7 heteroatoms.